The van der Waals surface area contributed by atoms with Crippen LogP contribution in [-0.2, 0) is 4.79 Å². The fourth-order valence-corrected chi connectivity index (χ4v) is 3.43. The molecular weight excluding hydrogens is 445 g/mol. The monoisotopic (exact) mass is 463 g/mol. The van der Waals surface area contributed by atoms with Crippen molar-refractivity contribution in [2.24, 2.45) is 4.99 Å². The molecule has 30 heavy (non-hydrogen) atoms. The number of aliphatic imine (C=N–C) groups is 1. The van der Waals surface area contributed by atoms with Gasteiger partial charge >= 0.3 is 0 Å². The largest absolute Gasteiger partial charge is 0.378 e. The molecule has 0 fully saturated rings. The quantitative estimate of drug-likeness (QED) is 0.479. The van der Waals surface area contributed by atoms with E-state index in [1.54, 1.807) is 23.1 Å². The van der Waals surface area contributed by atoms with Gasteiger partial charge in [0.1, 0.15) is 17.3 Å². The summed E-state index contributed by atoms with van der Waals surface area (Å²) in [5.74, 6) is -0.0950. The molecule has 0 aromatic heterocycles. The first-order valence-corrected chi connectivity index (χ1v) is 10.2. The number of rotatable bonds is 4. The van der Waals surface area contributed by atoms with E-state index in [4.69, 9.17) is 0 Å². The van der Waals surface area contributed by atoms with Gasteiger partial charge in [0.2, 0.25) is 0 Å². The normalized spacial score (nSPS) is 14.9. The Morgan fingerprint density at radius 3 is 2.17 bits per heavy atom. The molecule has 1 amide bonds. The van der Waals surface area contributed by atoms with Crippen LogP contribution in [0.25, 0.3) is 6.08 Å². The summed E-state index contributed by atoms with van der Waals surface area (Å²) in [6.45, 7) is 0. The first-order chi connectivity index (χ1) is 14.4. The molecule has 3 aromatic carbocycles. The van der Waals surface area contributed by atoms with Crippen molar-refractivity contribution < 1.29 is 9.18 Å². The lowest BCUT2D eigenvalue weighted by Gasteiger charge is -2.18. The third kappa shape index (κ3) is 4.04. The summed E-state index contributed by atoms with van der Waals surface area (Å²) in [7, 11) is 3.95. The summed E-state index contributed by atoms with van der Waals surface area (Å²) in [5.41, 5.74) is 3.64. The van der Waals surface area contributed by atoms with Gasteiger partial charge in [0, 0.05) is 29.8 Å². The maximum atomic E-state index is 13.4. The summed E-state index contributed by atoms with van der Waals surface area (Å²) < 4.78 is 14.3. The number of anilines is 2. The van der Waals surface area contributed by atoms with Crippen molar-refractivity contribution in [1.29, 1.82) is 0 Å². The second-order valence-corrected chi connectivity index (χ2v) is 7.99. The van der Waals surface area contributed by atoms with E-state index in [0.717, 1.165) is 15.7 Å². The highest BCUT2D eigenvalue weighted by Gasteiger charge is 2.32. The van der Waals surface area contributed by atoms with Crippen LogP contribution >= 0.6 is 15.9 Å². The van der Waals surface area contributed by atoms with Gasteiger partial charge in [-0.3, -0.25) is 9.69 Å². The topological polar surface area (TPSA) is 35.9 Å². The molecule has 0 unspecified atom stereocenters. The molecule has 0 spiro atoms. The minimum atomic E-state index is -0.337. The number of carbonyl (C=O) groups excluding carboxylic acids is 1. The maximum absolute atomic E-state index is 13.4. The predicted octanol–water partition coefficient (Wildman–Crippen LogP) is 5.49. The highest BCUT2D eigenvalue weighted by molar-refractivity contribution is 9.10. The van der Waals surface area contributed by atoms with E-state index in [2.05, 4.69) is 20.9 Å². The Morgan fingerprint density at radius 1 is 0.933 bits per heavy atom. The van der Waals surface area contributed by atoms with Crippen LogP contribution in [0.5, 0.6) is 0 Å². The third-order valence-corrected chi connectivity index (χ3v) is 5.29. The fraction of sp³-hybridized carbons (Fsp3) is 0.0833. The van der Waals surface area contributed by atoms with Crippen molar-refractivity contribution in [2.75, 3.05) is 23.9 Å². The van der Waals surface area contributed by atoms with E-state index in [1.165, 1.54) is 12.1 Å². The summed E-state index contributed by atoms with van der Waals surface area (Å²) in [6, 6.07) is 21.3. The molecule has 3 aromatic rings. The molecule has 4 nitrogen and oxygen atoms in total. The number of hydrogen-bond donors (Lipinski definition) is 0. The van der Waals surface area contributed by atoms with Gasteiger partial charge in [-0.1, -0.05) is 28.1 Å². The Morgan fingerprint density at radius 2 is 1.57 bits per heavy atom. The lowest BCUT2D eigenvalue weighted by molar-refractivity contribution is -0.113. The second kappa shape index (κ2) is 8.24. The van der Waals surface area contributed by atoms with Gasteiger partial charge in [-0.2, -0.15) is 0 Å². The predicted molar refractivity (Wildman–Crippen MR) is 123 cm³/mol. The molecule has 0 atom stereocenters. The summed E-state index contributed by atoms with van der Waals surface area (Å²) in [6.07, 6.45) is 1.77. The van der Waals surface area contributed by atoms with Crippen LogP contribution in [0, 0.1) is 5.82 Å². The van der Waals surface area contributed by atoms with Crippen molar-refractivity contribution in [3.63, 3.8) is 0 Å². The number of carbonyl (C=O) groups is 1. The SMILES string of the molecule is CN(C)c1ccc(/C=C2/N=C(c3ccc(F)cc3)N(c3ccc(Br)cc3)C2=O)cc1. The van der Waals surface area contributed by atoms with Gasteiger partial charge in [-0.15, -0.1) is 0 Å². The summed E-state index contributed by atoms with van der Waals surface area (Å²) in [5, 5.41) is 0. The van der Waals surface area contributed by atoms with E-state index in [-0.39, 0.29) is 11.7 Å². The first-order valence-electron chi connectivity index (χ1n) is 9.36. The van der Waals surface area contributed by atoms with Crippen LogP contribution in [-0.4, -0.2) is 25.8 Å². The number of nitrogens with zero attached hydrogens (tertiary/aromatic N) is 3. The molecule has 1 aliphatic rings. The Labute approximate surface area is 183 Å². The maximum Gasteiger partial charge on any atom is 0.282 e. The average molecular weight is 464 g/mol. The van der Waals surface area contributed by atoms with Gasteiger partial charge in [0.15, 0.2) is 0 Å². The van der Waals surface area contributed by atoms with Crippen molar-refractivity contribution in [3.8, 4) is 0 Å². The van der Waals surface area contributed by atoms with Crippen LogP contribution in [0.1, 0.15) is 11.1 Å². The molecule has 0 bridgehead atoms. The number of amidine groups is 1. The van der Waals surface area contributed by atoms with E-state index < -0.39 is 0 Å². The van der Waals surface area contributed by atoms with Gasteiger partial charge < -0.3 is 4.90 Å². The first kappa shape index (κ1) is 20.0. The number of amides is 1. The van der Waals surface area contributed by atoms with Crippen LogP contribution in [0.15, 0.2) is 88.0 Å². The number of halogens is 2. The number of hydrogen-bond acceptors (Lipinski definition) is 3. The molecular formula is C24H19BrFN3O. The van der Waals surface area contributed by atoms with E-state index in [9.17, 15) is 9.18 Å². The highest BCUT2D eigenvalue weighted by atomic mass is 79.9. The molecule has 1 aliphatic heterocycles. The van der Waals surface area contributed by atoms with Gasteiger partial charge in [-0.05, 0) is 72.3 Å². The zero-order valence-corrected chi connectivity index (χ0v) is 18.1. The van der Waals surface area contributed by atoms with Crippen molar-refractivity contribution in [1.82, 2.24) is 0 Å². The Balaban J connectivity index is 1.77. The molecule has 0 radical (unpaired) electrons. The van der Waals surface area contributed by atoms with E-state index in [1.807, 2.05) is 67.5 Å². The van der Waals surface area contributed by atoms with Gasteiger partial charge in [0.05, 0.1) is 5.69 Å². The molecule has 4 rings (SSSR count). The molecule has 0 saturated carbocycles. The van der Waals surface area contributed by atoms with Crippen molar-refractivity contribution in [3.05, 3.63) is 99.9 Å². The Hall–Kier alpha value is -3.25. The molecule has 1 heterocycles. The third-order valence-electron chi connectivity index (χ3n) is 4.76. The van der Waals surface area contributed by atoms with Crippen molar-refractivity contribution >= 4 is 45.1 Å². The van der Waals surface area contributed by atoms with E-state index >= 15 is 0 Å². The zero-order chi connectivity index (χ0) is 21.3. The minimum absolute atomic E-state index is 0.228. The smallest absolute Gasteiger partial charge is 0.282 e. The second-order valence-electron chi connectivity index (χ2n) is 7.07. The van der Waals surface area contributed by atoms with Gasteiger partial charge in [-0.25, -0.2) is 9.38 Å². The summed E-state index contributed by atoms with van der Waals surface area (Å²) in [4.78, 5) is 21.4. The zero-order valence-electron chi connectivity index (χ0n) is 16.5. The van der Waals surface area contributed by atoms with Gasteiger partial charge in [0.25, 0.3) is 5.91 Å². The van der Waals surface area contributed by atoms with E-state index in [0.29, 0.717) is 22.8 Å². The Bertz CT molecular complexity index is 1130. The summed E-state index contributed by atoms with van der Waals surface area (Å²) >= 11 is 3.42. The van der Waals surface area contributed by atoms with Crippen LogP contribution in [0.4, 0.5) is 15.8 Å². The van der Waals surface area contributed by atoms with Crippen molar-refractivity contribution in [2.45, 2.75) is 0 Å². The lowest BCUT2D eigenvalue weighted by Crippen LogP contribution is -2.32. The van der Waals surface area contributed by atoms with Crippen LogP contribution in [0.3, 0.4) is 0 Å². The average Bonchev–Trinajstić information content (AvgIpc) is 3.06. The Kier molecular flexibility index (Phi) is 5.50. The molecule has 0 N–H and O–H groups in total. The minimum Gasteiger partial charge on any atom is -0.378 e. The lowest BCUT2D eigenvalue weighted by atomic mass is 10.1. The number of benzene rings is 3. The fourth-order valence-electron chi connectivity index (χ4n) is 3.17. The molecule has 0 saturated heterocycles. The molecule has 0 aliphatic carbocycles. The molecule has 150 valence electrons. The van der Waals surface area contributed by atoms with Crippen LogP contribution < -0.4 is 9.80 Å². The molecule has 6 heteroatoms. The standard InChI is InChI=1S/C24H19BrFN3O/c1-28(2)20-11-3-16(4-12-20)15-22-24(30)29(21-13-7-18(25)8-14-21)23(27-22)17-5-9-19(26)10-6-17/h3-15H,1-2H3/b22-15+. The van der Waals surface area contributed by atoms with Crippen LogP contribution in [0.2, 0.25) is 0 Å². The highest BCUT2D eigenvalue weighted by Crippen LogP contribution is 2.29.